The van der Waals surface area contributed by atoms with Gasteiger partial charge in [-0.2, -0.15) is 0 Å². The zero-order valence-electron chi connectivity index (χ0n) is 42.7. The van der Waals surface area contributed by atoms with Gasteiger partial charge in [0.15, 0.2) is 18.5 Å². The first-order valence-electron chi connectivity index (χ1n) is 25.0. The van der Waals surface area contributed by atoms with E-state index in [4.69, 9.17) is 47.4 Å². The van der Waals surface area contributed by atoms with E-state index in [0.29, 0.717) is 12.4 Å². The van der Waals surface area contributed by atoms with Crippen molar-refractivity contribution in [3.8, 4) is 0 Å². The minimum Gasteiger partial charge on any atom is -0.455 e. The molecule has 2 fully saturated rings. The fourth-order valence-electron chi connectivity index (χ4n) is 8.22. The maximum absolute atomic E-state index is 14.2. The number of esters is 2. The number of hydrogen-bond acceptors (Lipinski definition) is 13. The van der Waals surface area contributed by atoms with Gasteiger partial charge in [-0.3, -0.25) is 9.59 Å². The largest absolute Gasteiger partial charge is 0.455 e. The number of benzene rings is 5. The number of hydrogen-bond donors (Lipinski definition) is 0. The summed E-state index contributed by atoms with van der Waals surface area (Å²) in [6.45, 7) is 14.0. The molecule has 5 unspecified atom stereocenters. The molecule has 386 valence electrons. The molecule has 0 amide bonds. The lowest BCUT2D eigenvalue weighted by Crippen LogP contribution is -2.64. The zero-order chi connectivity index (χ0) is 50.9. The van der Waals surface area contributed by atoms with Crippen molar-refractivity contribution in [1.82, 2.24) is 0 Å². The van der Waals surface area contributed by atoms with Gasteiger partial charge in [-0.05, 0) is 75.1 Å². The predicted molar refractivity (Wildman–Crippen MR) is 276 cm³/mol. The van der Waals surface area contributed by atoms with Crippen LogP contribution < -0.4 is 0 Å². The zero-order valence-corrected chi connectivity index (χ0v) is 43.5. The van der Waals surface area contributed by atoms with Crippen molar-refractivity contribution in [1.29, 1.82) is 0 Å². The lowest BCUT2D eigenvalue weighted by molar-refractivity contribution is -0.331. The van der Waals surface area contributed by atoms with Crippen molar-refractivity contribution < 1.29 is 57.0 Å². The van der Waals surface area contributed by atoms with Gasteiger partial charge in [0.25, 0.3) is 0 Å². The second kappa shape index (κ2) is 26.9. The first-order valence-corrected chi connectivity index (χ1v) is 26.0. The Labute approximate surface area is 430 Å². The van der Waals surface area contributed by atoms with E-state index in [-0.39, 0.29) is 39.6 Å². The van der Waals surface area contributed by atoms with Gasteiger partial charge in [0, 0.05) is 0 Å². The Hall–Kier alpha value is -4.93. The third-order valence-electron chi connectivity index (χ3n) is 12.2. The Morgan fingerprint density at radius 2 is 0.778 bits per heavy atom. The molecule has 0 spiro atoms. The molecule has 10 atom stereocenters. The van der Waals surface area contributed by atoms with Gasteiger partial charge in [0.2, 0.25) is 0 Å². The van der Waals surface area contributed by atoms with Crippen LogP contribution in [-0.2, 0) is 90.0 Å². The molecule has 13 heteroatoms. The van der Waals surface area contributed by atoms with Crippen molar-refractivity contribution >= 4 is 23.7 Å². The molecule has 5 aromatic rings. The van der Waals surface area contributed by atoms with Crippen LogP contribution >= 0.6 is 11.8 Å². The number of ether oxygens (including phenoxy) is 10. The average Bonchev–Trinajstić information content (AvgIpc) is 3.38. The van der Waals surface area contributed by atoms with E-state index in [1.165, 1.54) is 11.8 Å². The molecule has 0 bridgehead atoms. The van der Waals surface area contributed by atoms with Crippen LogP contribution in [0.15, 0.2) is 152 Å². The summed E-state index contributed by atoms with van der Waals surface area (Å²) >= 11 is 1.50. The average molecular weight is 1010 g/mol. The van der Waals surface area contributed by atoms with Gasteiger partial charge < -0.3 is 47.4 Å². The summed E-state index contributed by atoms with van der Waals surface area (Å²) < 4.78 is 67.7. The second-order valence-electron chi connectivity index (χ2n) is 20.2. The highest BCUT2D eigenvalue weighted by atomic mass is 32.2. The highest BCUT2D eigenvalue weighted by Crippen LogP contribution is 2.38. The van der Waals surface area contributed by atoms with E-state index >= 15 is 0 Å². The van der Waals surface area contributed by atoms with Crippen LogP contribution in [0.4, 0.5) is 0 Å². The molecule has 0 radical (unpaired) electrons. The van der Waals surface area contributed by atoms with Crippen molar-refractivity contribution in [2.75, 3.05) is 19.0 Å². The van der Waals surface area contributed by atoms with Gasteiger partial charge in [-0.25, -0.2) is 0 Å². The molecule has 7 rings (SSSR count). The Bertz CT molecular complexity index is 2350. The van der Waals surface area contributed by atoms with Crippen molar-refractivity contribution in [3.63, 3.8) is 0 Å². The number of rotatable bonds is 23. The smallest absolute Gasteiger partial charge is 0.311 e. The molecule has 12 nitrogen and oxygen atoms in total. The van der Waals surface area contributed by atoms with Crippen LogP contribution in [0.2, 0.25) is 0 Å². The van der Waals surface area contributed by atoms with Crippen molar-refractivity contribution in [2.45, 2.75) is 142 Å². The molecule has 0 saturated carbocycles. The van der Waals surface area contributed by atoms with Crippen LogP contribution in [0.1, 0.15) is 76.3 Å². The van der Waals surface area contributed by atoms with E-state index in [1.807, 2.05) is 179 Å². The van der Waals surface area contributed by atoms with E-state index in [1.54, 1.807) is 20.8 Å². The molecule has 2 aliphatic rings. The van der Waals surface area contributed by atoms with Gasteiger partial charge >= 0.3 is 11.9 Å². The molecule has 2 heterocycles. The lowest BCUT2D eigenvalue weighted by atomic mass is 9.95. The number of thioether (sulfide) groups is 1. The van der Waals surface area contributed by atoms with Crippen molar-refractivity contribution in [2.24, 2.45) is 10.8 Å². The maximum Gasteiger partial charge on any atom is 0.311 e. The summed E-state index contributed by atoms with van der Waals surface area (Å²) in [6.07, 6.45) is -8.14. The van der Waals surface area contributed by atoms with E-state index in [9.17, 15) is 9.59 Å². The predicted octanol–water partition coefficient (Wildman–Crippen LogP) is 10.7. The lowest BCUT2D eigenvalue weighted by Gasteiger charge is -2.48. The molecular formula is C59H72O12S. The molecular weight excluding hydrogens is 933 g/mol. The van der Waals surface area contributed by atoms with Gasteiger partial charge in [-0.1, -0.05) is 159 Å². The highest BCUT2D eigenvalue weighted by molar-refractivity contribution is 7.99. The van der Waals surface area contributed by atoms with E-state index < -0.39 is 83.3 Å². The first kappa shape index (κ1) is 54.8. The maximum atomic E-state index is 14.2. The molecule has 0 aromatic heterocycles. The third kappa shape index (κ3) is 16.0. The molecule has 2 saturated heterocycles. The van der Waals surface area contributed by atoms with Gasteiger partial charge in [0.05, 0.1) is 57.1 Å². The topological polar surface area (TPSA) is 126 Å². The molecule has 0 aliphatic carbocycles. The Balaban J connectivity index is 1.26. The molecule has 2 aliphatic heterocycles. The van der Waals surface area contributed by atoms with Crippen LogP contribution in [0.5, 0.6) is 0 Å². The van der Waals surface area contributed by atoms with Crippen LogP contribution in [0, 0.1) is 10.8 Å². The van der Waals surface area contributed by atoms with Gasteiger partial charge in [0.1, 0.15) is 42.1 Å². The standard InChI is InChI=1S/C59H72O12S/c1-8-72-55-53(71-57(61)59(5,6)7)51(66-38-45-32-22-13-23-33-45)49(64-36-43-28-18-11-19-29-43)47(69-55)40-67-54-52(70-56(60)58(2,3)4)50(65-37-44-30-20-12-21-31-44)48(63-35-42-26-16-10-17-27-42)46(68-54)39-62-34-41-24-14-9-15-25-41/h9-33,46-55H,8,34-40H2,1-7H3/t46?,47?,48-,49-,50?,51?,52-,53+,54+,55?/m0/s1. The minimum absolute atomic E-state index is 0.0908. The van der Waals surface area contributed by atoms with E-state index in [0.717, 1.165) is 27.8 Å². The fraction of sp³-hybridized carbons (Fsp3) is 0.458. The van der Waals surface area contributed by atoms with Crippen molar-refractivity contribution in [3.05, 3.63) is 179 Å². The highest BCUT2D eigenvalue weighted by Gasteiger charge is 2.54. The Kier molecular flexibility index (Phi) is 20.5. The summed E-state index contributed by atoms with van der Waals surface area (Å²) in [5.41, 5.74) is 2.31. The summed E-state index contributed by atoms with van der Waals surface area (Å²) in [6, 6.07) is 49.2. The SMILES string of the molecule is CCSC1OC(CO[C@@H]2OC(COCc3ccccc3)[C@H](OCc3ccccc3)C(OCc3ccccc3)[C@@H]2OC(=O)C(C)(C)C)[C@H](OCc2ccccc2)C(OCc2ccccc2)[C@H]1OC(=O)C(C)(C)C. The Morgan fingerprint density at radius 1 is 0.431 bits per heavy atom. The Morgan fingerprint density at radius 3 is 1.17 bits per heavy atom. The molecule has 72 heavy (non-hydrogen) atoms. The van der Waals surface area contributed by atoms with Crippen LogP contribution in [0.25, 0.3) is 0 Å². The normalized spacial score (nSPS) is 24.6. The summed E-state index contributed by atoms with van der Waals surface area (Å²) in [7, 11) is 0. The fourth-order valence-corrected chi connectivity index (χ4v) is 9.16. The number of carbonyl (C=O) groups excluding carboxylic acids is 2. The molecule has 0 N–H and O–H groups in total. The van der Waals surface area contributed by atoms with Crippen LogP contribution in [0.3, 0.4) is 0 Å². The first-order chi connectivity index (χ1) is 34.8. The monoisotopic (exact) mass is 1000 g/mol. The van der Waals surface area contributed by atoms with Crippen LogP contribution in [-0.4, -0.2) is 91.5 Å². The summed E-state index contributed by atoms with van der Waals surface area (Å²) in [4.78, 5) is 28.0. The second-order valence-corrected chi connectivity index (χ2v) is 21.5. The quantitative estimate of drug-likeness (QED) is 0.0577. The minimum atomic E-state index is -1.21. The van der Waals surface area contributed by atoms with Gasteiger partial charge in [-0.15, -0.1) is 11.8 Å². The number of carbonyl (C=O) groups is 2. The molecule has 5 aromatic carbocycles. The summed E-state index contributed by atoms with van der Waals surface area (Å²) in [5, 5.41) is 0. The van der Waals surface area contributed by atoms with E-state index in [2.05, 4.69) is 0 Å². The summed E-state index contributed by atoms with van der Waals surface area (Å²) in [5.74, 6) is -0.226. The third-order valence-corrected chi connectivity index (χ3v) is 13.2.